The molecule has 2 aliphatic heterocycles. The first-order valence-electron chi connectivity index (χ1n) is 8.88. The summed E-state index contributed by atoms with van der Waals surface area (Å²) in [6.07, 6.45) is 1.99. The van der Waals surface area contributed by atoms with Crippen LogP contribution in [-0.2, 0) is 14.8 Å². The zero-order valence-corrected chi connectivity index (χ0v) is 15.7. The number of piperidine rings is 1. The van der Waals surface area contributed by atoms with E-state index in [0.717, 1.165) is 25.9 Å². The van der Waals surface area contributed by atoms with Crippen LogP contribution in [0.2, 0.25) is 0 Å². The summed E-state index contributed by atoms with van der Waals surface area (Å²) in [5.41, 5.74) is 0.441. The molecule has 7 heteroatoms. The van der Waals surface area contributed by atoms with E-state index in [1.165, 1.54) is 10.4 Å². The predicted octanol–water partition coefficient (Wildman–Crippen LogP) is 1.97. The van der Waals surface area contributed by atoms with Crippen molar-refractivity contribution in [1.29, 1.82) is 0 Å². The molecule has 1 unspecified atom stereocenters. The molecule has 1 atom stereocenters. The molecule has 0 bridgehead atoms. The Bertz CT molecular complexity index is 726. The molecule has 138 valence electrons. The second-order valence-corrected chi connectivity index (χ2v) is 8.93. The summed E-state index contributed by atoms with van der Waals surface area (Å²) in [5, 5.41) is 0. The van der Waals surface area contributed by atoms with E-state index in [9.17, 15) is 13.2 Å². The molecule has 0 N–H and O–H groups in total. The lowest BCUT2D eigenvalue weighted by Crippen LogP contribution is -2.47. The maximum absolute atomic E-state index is 12.9. The van der Waals surface area contributed by atoms with Gasteiger partial charge in [0.15, 0.2) is 0 Å². The van der Waals surface area contributed by atoms with Crippen LogP contribution in [0.25, 0.3) is 0 Å². The fourth-order valence-corrected chi connectivity index (χ4v) is 5.04. The molecule has 2 aliphatic rings. The molecule has 0 radical (unpaired) electrons. The Labute approximate surface area is 149 Å². The van der Waals surface area contributed by atoms with Gasteiger partial charge in [-0.25, -0.2) is 8.42 Å². The molecular formula is C18H26N2O4S. The zero-order chi connectivity index (χ0) is 18.0. The van der Waals surface area contributed by atoms with Crippen LogP contribution in [0.4, 0.5) is 0 Å². The number of benzene rings is 1. The zero-order valence-electron chi connectivity index (χ0n) is 14.8. The first kappa shape index (κ1) is 18.4. The minimum Gasteiger partial charge on any atom is -0.378 e. The highest BCUT2D eigenvalue weighted by atomic mass is 32.2. The topological polar surface area (TPSA) is 66.9 Å². The third kappa shape index (κ3) is 3.88. The number of morpholine rings is 1. The minimum atomic E-state index is -3.62. The monoisotopic (exact) mass is 366 g/mol. The lowest BCUT2D eigenvalue weighted by molar-refractivity contribution is 0.0392. The van der Waals surface area contributed by atoms with E-state index in [4.69, 9.17) is 4.74 Å². The first-order valence-corrected chi connectivity index (χ1v) is 10.3. The number of hydrogen-bond acceptors (Lipinski definition) is 4. The average molecular weight is 366 g/mol. The van der Waals surface area contributed by atoms with Crippen molar-refractivity contribution in [3.8, 4) is 0 Å². The van der Waals surface area contributed by atoms with Crippen molar-refractivity contribution in [2.24, 2.45) is 5.92 Å². The first-order chi connectivity index (χ1) is 11.9. The molecule has 1 aromatic rings. The molecule has 0 saturated carbocycles. The van der Waals surface area contributed by atoms with Gasteiger partial charge in [0.05, 0.1) is 18.1 Å². The lowest BCUT2D eigenvalue weighted by Gasteiger charge is -2.32. The third-order valence-electron chi connectivity index (χ3n) is 5.07. The van der Waals surface area contributed by atoms with Gasteiger partial charge in [-0.3, -0.25) is 4.79 Å². The van der Waals surface area contributed by atoms with Gasteiger partial charge in [-0.1, -0.05) is 13.0 Å². The van der Waals surface area contributed by atoms with Crippen molar-refractivity contribution in [3.05, 3.63) is 29.8 Å². The van der Waals surface area contributed by atoms with Crippen molar-refractivity contribution in [3.63, 3.8) is 0 Å². The summed E-state index contributed by atoms with van der Waals surface area (Å²) < 4.78 is 32.7. The molecular weight excluding hydrogens is 340 g/mol. The van der Waals surface area contributed by atoms with Gasteiger partial charge in [0, 0.05) is 31.2 Å². The standard InChI is InChI=1S/C18H26N2O4S/c1-14-6-8-19(9-7-14)18(21)16-4-3-5-17(12-16)25(22,23)20-10-11-24-13-15(20)2/h3-5,12,14-15H,6-11,13H2,1-2H3. The van der Waals surface area contributed by atoms with Gasteiger partial charge >= 0.3 is 0 Å². The van der Waals surface area contributed by atoms with Crippen LogP contribution in [0.3, 0.4) is 0 Å². The normalized spacial score (nSPS) is 23.6. The van der Waals surface area contributed by atoms with Gasteiger partial charge in [-0.2, -0.15) is 4.31 Å². The summed E-state index contributed by atoms with van der Waals surface area (Å²) in [4.78, 5) is 14.7. The molecule has 2 heterocycles. The molecule has 2 fully saturated rings. The van der Waals surface area contributed by atoms with Crippen LogP contribution in [0.15, 0.2) is 29.2 Å². The lowest BCUT2D eigenvalue weighted by atomic mass is 9.98. The number of likely N-dealkylation sites (tertiary alicyclic amines) is 1. The highest BCUT2D eigenvalue weighted by Crippen LogP contribution is 2.23. The SMILES string of the molecule is CC1CCN(C(=O)c2cccc(S(=O)(=O)N3CCOCC3C)c2)CC1. The quantitative estimate of drug-likeness (QED) is 0.820. The van der Waals surface area contributed by atoms with Gasteiger partial charge < -0.3 is 9.64 Å². The summed E-state index contributed by atoms with van der Waals surface area (Å²) in [7, 11) is -3.62. The van der Waals surface area contributed by atoms with Crippen LogP contribution in [0.1, 0.15) is 37.0 Å². The van der Waals surface area contributed by atoms with E-state index in [1.807, 2.05) is 11.8 Å². The van der Waals surface area contributed by atoms with Crippen molar-refractivity contribution in [2.45, 2.75) is 37.6 Å². The third-order valence-corrected chi connectivity index (χ3v) is 7.07. The van der Waals surface area contributed by atoms with Crippen LogP contribution < -0.4 is 0 Å². The van der Waals surface area contributed by atoms with Gasteiger partial charge in [0.1, 0.15) is 0 Å². The van der Waals surface area contributed by atoms with Crippen LogP contribution in [0, 0.1) is 5.92 Å². The highest BCUT2D eigenvalue weighted by molar-refractivity contribution is 7.89. The molecule has 3 rings (SSSR count). The van der Waals surface area contributed by atoms with E-state index in [2.05, 4.69) is 6.92 Å². The van der Waals surface area contributed by atoms with Crippen molar-refractivity contribution in [2.75, 3.05) is 32.8 Å². The van der Waals surface area contributed by atoms with Gasteiger partial charge in [0.2, 0.25) is 10.0 Å². The maximum Gasteiger partial charge on any atom is 0.253 e. The van der Waals surface area contributed by atoms with Crippen LogP contribution in [0.5, 0.6) is 0 Å². The summed E-state index contributed by atoms with van der Waals surface area (Å²) in [5.74, 6) is 0.553. The molecule has 0 spiro atoms. The van der Waals surface area contributed by atoms with Gasteiger partial charge in [-0.05, 0) is 43.9 Å². The molecule has 1 amide bonds. The number of carbonyl (C=O) groups excluding carboxylic acids is 1. The molecule has 0 aliphatic carbocycles. The average Bonchev–Trinajstić information content (AvgIpc) is 2.62. The Kier molecular flexibility index (Phi) is 5.46. The smallest absolute Gasteiger partial charge is 0.253 e. The second-order valence-electron chi connectivity index (χ2n) is 7.04. The van der Waals surface area contributed by atoms with Gasteiger partial charge in [-0.15, -0.1) is 0 Å². The number of ether oxygens (including phenoxy) is 1. The molecule has 0 aromatic heterocycles. The fraction of sp³-hybridized carbons (Fsp3) is 0.611. The number of amides is 1. The van der Waals surface area contributed by atoms with E-state index in [1.54, 1.807) is 18.2 Å². The van der Waals surface area contributed by atoms with E-state index >= 15 is 0 Å². The molecule has 2 saturated heterocycles. The van der Waals surface area contributed by atoms with Crippen molar-refractivity contribution < 1.29 is 17.9 Å². The molecule has 1 aromatic carbocycles. The number of hydrogen-bond donors (Lipinski definition) is 0. The Morgan fingerprint density at radius 1 is 1.16 bits per heavy atom. The fourth-order valence-electron chi connectivity index (χ4n) is 3.39. The molecule has 6 nitrogen and oxygen atoms in total. The van der Waals surface area contributed by atoms with E-state index < -0.39 is 10.0 Å². The number of rotatable bonds is 3. The number of carbonyl (C=O) groups is 1. The Morgan fingerprint density at radius 2 is 1.88 bits per heavy atom. The van der Waals surface area contributed by atoms with E-state index in [0.29, 0.717) is 31.2 Å². The number of nitrogens with zero attached hydrogens (tertiary/aromatic N) is 2. The predicted molar refractivity (Wildman–Crippen MR) is 94.9 cm³/mol. The van der Waals surface area contributed by atoms with E-state index in [-0.39, 0.29) is 16.8 Å². The Morgan fingerprint density at radius 3 is 2.56 bits per heavy atom. The van der Waals surface area contributed by atoms with Crippen LogP contribution >= 0.6 is 0 Å². The van der Waals surface area contributed by atoms with Crippen molar-refractivity contribution in [1.82, 2.24) is 9.21 Å². The Balaban J connectivity index is 1.82. The Hall–Kier alpha value is -1.44. The molecule has 25 heavy (non-hydrogen) atoms. The van der Waals surface area contributed by atoms with Gasteiger partial charge in [0.25, 0.3) is 5.91 Å². The summed E-state index contributed by atoms with van der Waals surface area (Å²) in [6, 6.07) is 6.21. The summed E-state index contributed by atoms with van der Waals surface area (Å²) >= 11 is 0. The minimum absolute atomic E-state index is 0.0843. The summed E-state index contributed by atoms with van der Waals surface area (Å²) in [6.45, 7) is 6.62. The van der Waals surface area contributed by atoms with Crippen LogP contribution in [-0.4, -0.2) is 62.4 Å². The second kappa shape index (κ2) is 7.43. The highest BCUT2D eigenvalue weighted by Gasteiger charge is 2.32. The largest absolute Gasteiger partial charge is 0.378 e. The number of sulfonamides is 1. The van der Waals surface area contributed by atoms with Crippen molar-refractivity contribution >= 4 is 15.9 Å². The maximum atomic E-state index is 12.9.